The van der Waals surface area contributed by atoms with Gasteiger partial charge in [0.15, 0.2) is 0 Å². The van der Waals surface area contributed by atoms with Crippen molar-refractivity contribution < 1.29 is 29.5 Å². The van der Waals surface area contributed by atoms with Crippen LogP contribution in [0.3, 0.4) is 0 Å². The van der Waals surface area contributed by atoms with Gasteiger partial charge in [-0.2, -0.15) is 0 Å². The van der Waals surface area contributed by atoms with Crippen LogP contribution < -0.4 is 0 Å². The molecule has 1 unspecified atom stereocenters. The number of carbonyl (C=O) groups excluding carboxylic acids is 2. The van der Waals surface area contributed by atoms with Gasteiger partial charge in [0.05, 0.1) is 22.1 Å². The van der Waals surface area contributed by atoms with Crippen LogP contribution in [0.15, 0.2) is 54.1 Å². The zero-order chi connectivity index (χ0) is 22.7. The molecule has 0 spiro atoms. The van der Waals surface area contributed by atoms with Crippen LogP contribution in [0.25, 0.3) is 5.76 Å². The summed E-state index contributed by atoms with van der Waals surface area (Å²) in [5.74, 6) is -3.56. The van der Waals surface area contributed by atoms with Crippen molar-refractivity contribution in [1.82, 2.24) is 4.90 Å². The van der Waals surface area contributed by atoms with Crippen molar-refractivity contribution in [3.8, 4) is 0 Å². The van der Waals surface area contributed by atoms with Gasteiger partial charge in [0.25, 0.3) is 17.4 Å². The maximum absolute atomic E-state index is 12.8. The highest BCUT2D eigenvalue weighted by Gasteiger charge is 2.47. The summed E-state index contributed by atoms with van der Waals surface area (Å²) in [6.07, 6.45) is -0.232. The SMILES string of the molecule is O=C(O)CCCN1C(=O)C(=O)C(=C(O)c2ccc(Cl)cc2)C1c1ccccc1[N+](=O)[O-]. The fourth-order valence-electron chi connectivity index (χ4n) is 3.48. The molecule has 0 radical (unpaired) electrons. The van der Waals surface area contributed by atoms with Crippen LogP contribution in [-0.4, -0.2) is 44.2 Å². The molecule has 2 N–H and O–H groups in total. The zero-order valence-electron chi connectivity index (χ0n) is 16.0. The molecular weight excluding hydrogens is 428 g/mol. The number of Topliss-reactive ketones (excluding diaryl/α,β-unsaturated/α-hetero) is 1. The summed E-state index contributed by atoms with van der Waals surface area (Å²) < 4.78 is 0. The Labute approximate surface area is 181 Å². The third-order valence-electron chi connectivity index (χ3n) is 4.88. The molecule has 2 aromatic carbocycles. The molecule has 0 aliphatic carbocycles. The van der Waals surface area contributed by atoms with Crippen LogP contribution in [0.5, 0.6) is 0 Å². The molecule has 10 heteroatoms. The number of carbonyl (C=O) groups is 3. The van der Waals surface area contributed by atoms with E-state index in [9.17, 15) is 29.6 Å². The quantitative estimate of drug-likeness (QED) is 0.219. The lowest BCUT2D eigenvalue weighted by Crippen LogP contribution is -2.31. The molecular formula is C21H17ClN2O7. The second-order valence-electron chi connectivity index (χ2n) is 6.81. The highest BCUT2D eigenvalue weighted by molar-refractivity contribution is 6.46. The first-order chi connectivity index (χ1) is 14.7. The Bertz CT molecular complexity index is 1100. The van der Waals surface area contributed by atoms with Gasteiger partial charge in [-0.1, -0.05) is 23.7 Å². The molecule has 1 amide bonds. The standard InChI is InChI=1S/C21H17ClN2O7/c22-13-9-7-12(8-10-13)19(27)17-18(14-4-1-2-5-15(14)24(30)31)23(21(29)20(17)28)11-3-6-16(25)26/h1-2,4-5,7-10,18,27H,3,6,11H2,(H,25,26). The van der Waals surface area contributed by atoms with Crippen molar-refractivity contribution in [1.29, 1.82) is 0 Å². The number of hydrogen-bond donors (Lipinski definition) is 2. The first-order valence-corrected chi connectivity index (χ1v) is 9.59. The number of aliphatic carboxylic acids is 1. The van der Waals surface area contributed by atoms with E-state index in [2.05, 4.69) is 0 Å². The highest BCUT2D eigenvalue weighted by Crippen LogP contribution is 2.42. The summed E-state index contributed by atoms with van der Waals surface area (Å²) in [6.45, 7) is -0.134. The Balaban J connectivity index is 2.18. The van der Waals surface area contributed by atoms with E-state index >= 15 is 0 Å². The van der Waals surface area contributed by atoms with Crippen molar-refractivity contribution in [2.75, 3.05) is 6.54 Å². The fraction of sp³-hybridized carbons (Fsp3) is 0.190. The molecule has 31 heavy (non-hydrogen) atoms. The number of halogens is 1. The number of aliphatic hydroxyl groups is 1. The highest BCUT2D eigenvalue weighted by atomic mass is 35.5. The van der Waals surface area contributed by atoms with Crippen LogP contribution in [0.4, 0.5) is 5.69 Å². The van der Waals surface area contributed by atoms with Gasteiger partial charge in [-0.05, 0) is 36.8 Å². The van der Waals surface area contributed by atoms with Gasteiger partial charge >= 0.3 is 5.97 Å². The number of amides is 1. The minimum Gasteiger partial charge on any atom is -0.507 e. The second-order valence-corrected chi connectivity index (χ2v) is 7.25. The second kappa shape index (κ2) is 8.97. The lowest BCUT2D eigenvalue weighted by molar-refractivity contribution is -0.385. The predicted molar refractivity (Wildman–Crippen MR) is 110 cm³/mol. The number of ketones is 1. The van der Waals surface area contributed by atoms with Gasteiger partial charge in [-0.15, -0.1) is 0 Å². The molecule has 0 aromatic heterocycles. The van der Waals surface area contributed by atoms with Crippen molar-refractivity contribution in [3.63, 3.8) is 0 Å². The lowest BCUT2D eigenvalue weighted by Gasteiger charge is -2.25. The van der Waals surface area contributed by atoms with E-state index in [-0.39, 0.29) is 41.8 Å². The van der Waals surface area contributed by atoms with E-state index in [1.54, 1.807) is 0 Å². The molecule has 0 bridgehead atoms. The molecule has 1 aliphatic heterocycles. The molecule has 0 saturated carbocycles. The van der Waals surface area contributed by atoms with Gasteiger partial charge in [0.1, 0.15) is 5.76 Å². The maximum atomic E-state index is 12.8. The van der Waals surface area contributed by atoms with E-state index in [1.807, 2.05) is 0 Å². The zero-order valence-corrected chi connectivity index (χ0v) is 16.8. The molecule has 1 fully saturated rings. The van der Waals surface area contributed by atoms with Crippen molar-refractivity contribution >= 4 is 40.7 Å². The summed E-state index contributed by atoms with van der Waals surface area (Å²) in [7, 11) is 0. The number of para-hydroxylation sites is 1. The normalized spacial score (nSPS) is 17.7. The minimum atomic E-state index is -1.24. The average Bonchev–Trinajstić information content (AvgIpc) is 2.98. The van der Waals surface area contributed by atoms with E-state index < -0.39 is 34.4 Å². The van der Waals surface area contributed by atoms with Gasteiger partial charge in [-0.25, -0.2) is 0 Å². The van der Waals surface area contributed by atoms with Crippen LogP contribution >= 0.6 is 11.6 Å². The Morgan fingerprint density at radius 2 is 1.74 bits per heavy atom. The number of likely N-dealkylation sites (tertiary alicyclic amines) is 1. The number of nitro groups is 1. The topological polar surface area (TPSA) is 138 Å². The Morgan fingerprint density at radius 1 is 1.10 bits per heavy atom. The van der Waals surface area contributed by atoms with Crippen molar-refractivity contribution in [2.45, 2.75) is 18.9 Å². The van der Waals surface area contributed by atoms with Gasteiger partial charge < -0.3 is 15.1 Å². The van der Waals surface area contributed by atoms with Crippen LogP contribution in [0, 0.1) is 10.1 Å². The van der Waals surface area contributed by atoms with Crippen molar-refractivity contribution in [3.05, 3.63) is 80.4 Å². The number of carboxylic acids is 1. The first kappa shape index (κ1) is 22.0. The molecule has 3 rings (SSSR count). The van der Waals surface area contributed by atoms with Gasteiger partial charge in [0, 0.05) is 29.6 Å². The first-order valence-electron chi connectivity index (χ1n) is 9.21. The number of carboxylic acid groups (broad SMARTS) is 1. The van der Waals surface area contributed by atoms with Crippen LogP contribution in [0.1, 0.15) is 30.0 Å². The van der Waals surface area contributed by atoms with Crippen LogP contribution in [0.2, 0.25) is 5.02 Å². The maximum Gasteiger partial charge on any atom is 0.303 e. The number of rotatable bonds is 7. The van der Waals surface area contributed by atoms with E-state index in [0.29, 0.717) is 5.02 Å². The number of benzene rings is 2. The minimum absolute atomic E-state index is 0.0282. The number of nitrogens with zero attached hydrogens (tertiary/aromatic N) is 2. The fourth-order valence-corrected chi connectivity index (χ4v) is 3.61. The molecule has 1 heterocycles. The van der Waals surface area contributed by atoms with Gasteiger partial charge in [0.2, 0.25) is 0 Å². The number of hydrogen-bond acceptors (Lipinski definition) is 6. The molecule has 1 aliphatic rings. The van der Waals surface area contributed by atoms with Gasteiger partial charge in [-0.3, -0.25) is 24.5 Å². The Kier molecular flexibility index (Phi) is 6.36. The smallest absolute Gasteiger partial charge is 0.303 e. The summed E-state index contributed by atoms with van der Waals surface area (Å²) in [4.78, 5) is 48.5. The van der Waals surface area contributed by atoms with Crippen LogP contribution in [-0.2, 0) is 14.4 Å². The third-order valence-corrected chi connectivity index (χ3v) is 5.13. The largest absolute Gasteiger partial charge is 0.507 e. The Morgan fingerprint density at radius 3 is 2.35 bits per heavy atom. The van der Waals surface area contributed by atoms with E-state index in [1.165, 1.54) is 48.5 Å². The summed E-state index contributed by atoms with van der Waals surface area (Å²) in [6, 6.07) is 10.2. The number of nitro benzene ring substituents is 1. The lowest BCUT2D eigenvalue weighted by atomic mass is 9.94. The van der Waals surface area contributed by atoms with E-state index in [0.717, 1.165) is 4.90 Å². The average molecular weight is 445 g/mol. The third kappa shape index (κ3) is 4.41. The Hall–Kier alpha value is -3.72. The summed E-state index contributed by atoms with van der Waals surface area (Å²) >= 11 is 5.86. The van der Waals surface area contributed by atoms with Crippen molar-refractivity contribution in [2.24, 2.45) is 0 Å². The molecule has 1 saturated heterocycles. The number of aliphatic hydroxyl groups excluding tert-OH is 1. The summed E-state index contributed by atoms with van der Waals surface area (Å²) in [5.41, 5.74) is -0.398. The molecule has 9 nitrogen and oxygen atoms in total. The molecule has 160 valence electrons. The molecule has 1 atom stereocenters. The molecule has 2 aromatic rings. The monoisotopic (exact) mass is 444 g/mol. The predicted octanol–water partition coefficient (Wildman–Crippen LogP) is 3.53. The summed E-state index contributed by atoms with van der Waals surface area (Å²) in [5, 5.41) is 31.7. The van der Waals surface area contributed by atoms with E-state index in [4.69, 9.17) is 16.7 Å².